The van der Waals surface area contributed by atoms with Gasteiger partial charge in [-0.3, -0.25) is 19.2 Å². The molecule has 0 spiro atoms. The van der Waals surface area contributed by atoms with Gasteiger partial charge in [0.2, 0.25) is 10.0 Å². The molecule has 0 radical (unpaired) electrons. The van der Waals surface area contributed by atoms with E-state index in [0.717, 1.165) is 35.3 Å². The largest absolute Gasteiger partial charge is 0.506 e. The van der Waals surface area contributed by atoms with Crippen LogP contribution in [-0.2, 0) is 24.9 Å². The number of aromatic nitrogens is 2. The molecular weight excluding hydrogens is 630 g/mol. The van der Waals surface area contributed by atoms with E-state index in [1.54, 1.807) is 38.1 Å². The fraction of sp³-hybridized carbons (Fsp3) is 0.115. The van der Waals surface area contributed by atoms with Crippen LogP contribution in [0.3, 0.4) is 0 Å². The molecule has 5 N–H and O–H groups in total. The topological polar surface area (TPSA) is 255 Å². The summed E-state index contributed by atoms with van der Waals surface area (Å²) in [5.41, 5.74) is 0.829. The van der Waals surface area contributed by atoms with Crippen molar-refractivity contribution < 1.29 is 31.3 Å². The van der Waals surface area contributed by atoms with Crippen molar-refractivity contribution in [3.05, 3.63) is 82.8 Å². The molecule has 1 aliphatic heterocycles. The van der Waals surface area contributed by atoms with Crippen LogP contribution < -0.4 is 15.7 Å². The fourth-order valence-electron chi connectivity index (χ4n) is 4.13. The summed E-state index contributed by atoms with van der Waals surface area (Å²) in [7, 11) is -8.45. The number of aryl methyl sites for hydroxylation is 1. The highest BCUT2D eigenvalue weighted by atomic mass is 32.2. The zero-order valence-corrected chi connectivity index (χ0v) is 24.9. The summed E-state index contributed by atoms with van der Waals surface area (Å²) in [6.07, 6.45) is 0. The summed E-state index contributed by atoms with van der Waals surface area (Å²) < 4.78 is 56.1. The molecule has 45 heavy (non-hydrogen) atoms. The first-order valence-electron chi connectivity index (χ1n) is 12.7. The second kappa shape index (κ2) is 11.6. The number of H-pyrrole nitrogens is 1. The van der Waals surface area contributed by atoms with E-state index in [0.29, 0.717) is 22.8 Å². The van der Waals surface area contributed by atoms with Crippen molar-refractivity contribution in [1.29, 1.82) is 0 Å². The summed E-state index contributed by atoms with van der Waals surface area (Å²) in [6.45, 7) is 3.16. The normalized spacial score (nSPS) is 15.8. The number of primary sulfonamides is 1. The number of aromatic hydroxyl groups is 1. The van der Waals surface area contributed by atoms with Crippen molar-refractivity contribution in [1.82, 2.24) is 9.78 Å². The van der Waals surface area contributed by atoms with Gasteiger partial charge in [-0.15, -0.1) is 10.2 Å². The highest BCUT2D eigenvalue weighted by Crippen LogP contribution is 2.31. The lowest BCUT2D eigenvalue weighted by molar-refractivity contribution is -0.117. The summed E-state index contributed by atoms with van der Waals surface area (Å²) in [5, 5.41) is 39.2. The summed E-state index contributed by atoms with van der Waals surface area (Å²) in [4.78, 5) is 25.4. The number of hydrogen-bond acceptors (Lipinski definition) is 12. The Labute approximate surface area is 254 Å². The van der Waals surface area contributed by atoms with Gasteiger partial charge in [-0.05, 0) is 80.6 Å². The molecule has 1 unspecified atom stereocenters. The van der Waals surface area contributed by atoms with Crippen molar-refractivity contribution in [2.24, 2.45) is 30.7 Å². The summed E-state index contributed by atoms with van der Waals surface area (Å²) in [5.74, 6) is -0.889. The Hall–Kier alpha value is -5.37. The number of carbonyl (C=O) groups excluding carboxylic acids is 1. The lowest BCUT2D eigenvalue weighted by atomic mass is 10.2. The van der Waals surface area contributed by atoms with Gasteiger partial charge in [0.1, 0.15) is 11.4 Å². The summed E-state index contributed by atoms with van der Waals surface area (Å²) >= 11 is 0. The lowest BCUT2D eigenvalue weighted by Crippen LogP contribution is -2.29. The predicted molar refractivity (Wildman–Crippen MR) is 160 cm³/mol. The number of nitrogens with two attached hydrogens (primary N) is 1. The van der Waals surface area contributed by atoms with E-state index in [4.69, 9.17) is 9.69 Å². The maximum absolute atomic E-state index is 13.1. The third-order valence-electron chi connectivity index (χ3n) is 6.45. The maximum atomic E-state index is 13.1. The zero-order chi connectivity index (χ0) is 32.7. The second-order valence-corrected chi connectivity index (χ2v) is 12.6. The van der Waals surface area contributed by atoms with E-state index in [1.807, 2.05) is 0 Å². The highest BCUT2D eigenvalue weighted by molar-refractivity contribution is 7.89. The SMILES string of the molecule is CC1=NN(c2ccc(S(=O)(=O)O)cc2)C(=O)C1N=Nc1ccc(-n2[nH]c(C)c(N=Nc3cc(S(N)(=O)=O)ccc3O)c2=O)cc1. The van der Waals surface area contributed by atoms with Gasteiger partial charge in [0.15, 0.2) is 11.7 Å². The molecule has 1 atom stereocenters. The average molecular weight is 654 g/mol. The van der Waals surface area contributed by atoms with Crippen molar-refractivity contribution in [3.63, 3.8) is 0 Å². The molecule has 17 nitrogen and oxygen atoms in total. The lowest BCUT2D eigenvalue weighted by Gasteiger charge is -2.12. The predicted octanol–water partition coefficient (Wildman–Crippen LogP) is 3.36. The van der Waals surface area contributed by atoms with Crippen molar-refractivity contribution in [3.8, 4) is 11.4 Å². The standard InChI is InChI=1S/C26H23N9O8S2/c1-14-23(25(37)35(32-14)18-7-9-19(10-8-18)45(41,42)43)30-28-16-3-5-17(6-4-16)34-26(38)24(15(2)33-34)31-29-21-13-20(44(27,39)40)11-12-22(21)36/h3-13,23,33,36H,1-2H3,(H2,27,39,40)(H,41,42,43). The van der Waals surface area contributed by atoms with Gasteiger partial charge in [-0.2, -0.15) is 28.8 Å². The van der Waals surface area contributed by atoms with Crippen LogP contribution >= 0.6 is 0 Å². The number of carbonyl (C=O) groups is 1. The molecule has 1 aromatic heterocycles. The number of hydrogen-bond donors (Lipinski definition) is 4. The van der Waals surface area contributed by atoms with Crippen LogP contribution in [0, 0.1) is 6.92 Å². The third kappa shape index (κ3) is 6.45. The summed E-state index contributed by atoms with van der Waals surface area (Å²) in [6, 6.07) is 13.4. The van der Waals surface area contributed by atoms with Crippen molar-refractivity contribution in [2.45, 2.75) is 29.7 Å². The van der Waals surface area contributed by atoms with Crippen LogP contribution in [0.1, 0.15) is 12.6 Å². The Kier molecular flexibility index (Phi) is 8.02. The van der Waals surface area contributed by atoms with Crippen molar-refractivity contribution >= 4 is 54.5 Å². The number of benzene rings is 3. The van der Waals surface area contributed by atoms with Gasteiger partial charge in [-0.1, -0.05) is 0 Å². The van der Waals surface area contributed by atoms with Crippen molar-refractivity contribution in [2.75, 3.05) is 5.01 Å². The number of nitrogens with zero attached hydrogens (tertiary/aromatic N) is 7. The zero-order valence-electron chi connectivity index (χ0n) is 23.3. The van der Waals surface area contributed by atoms with Crippen LogP contribution in [0.5, 0.6) is 5.75 Å². The molecule has 0 bridgehead atoms. The minimum atomic E-state index is -4.39. The maximum Gasteiger partial charge on any atom is 0.299 e. The first kappa shape index (κ1) is 31.1. The van der Waals surface area contributed by atoms with E-state index in [9.17, 15) is 31.5 Å². The number of nitrogens with one attached hydrogen (secondary N) is 1. The van der Waals surface area contributed by atoms with Crippen LogP contribution in [0.25, 0.3) is 5.69 Å². The Morgan fingerprint density at radius 2 is 1.49 bits per heavy atom. The van der Waals surface area contributed by atoms with E-state index in [2.05, 4.69) is 30.7 Å². The monoisotopic (exact) mass is 653 g/mol. The number of phenolic OH excluding ortho intramolecular Hbond substituents is 1. The minimum Gasteiger partial charge on any atom is -0.506 e. The molecule has 4 aromatic rings. The van der Waals surface area contributed by atoms with Gasteiger partial charge in [0.25, 0.3) is 21.6 Å². The molecule has 19 heteroatoms. The Morgan fingerprint density at radius 1 is 0.867 bits per heavy atom. The number of amides is 1. The number of aromatic amines is 1. The van der Waals surface area contributed by atoms with Gasteiger partial charge in [0, 0.05) is 0 Å². The van der Waals surface area contributed by atoms with E-state index in [-0.39, 0.29) is 32.6 Å². The molecule has 0 aliphatic carbocycles. The first-order valence-corrected chi connectivity index (χ1v) is 15.7. The van der Waals surface area contributed by atoms with E-state index < -0.39 is 37.6 Å². The minimum absolute atomic E-state index is 0.0918. The highest BCUT2D eigenvalue weighted by Gasteiger charge is 2.35. The molecule has 1 aliphatic rings. The van der Waals surface area contributed by atoms with Crippen LogP contribution in [0.4, 0.5) is 22.7 Å². The van der Waals surface area contributed by atoms with Gasteiger partial charge >= 0.3 is 0 Å². The first-order chi connectivity index (χ1) is 21.1. The fourth-order valence-corrected chi connectivity index (χ4v) is 5.14. The molecule has 3 aromatic carbocycles. The molecular formula is C26H23N9O8S2. The molecule has 0 saturated heterocycles. The molecule has 232 valence electrons. The molecule has 2 heterocycles. The number of phenols is 1. The van der Waals surface area contributed by atoms with E-state index >= 15 is 0 Å². The van der Waals surface area contributed by atoms with Crippen LogP contribution in [-0.4, -0.2) is 53.9 Å². The Morgan fingerprint density at radius 3 is 2.11 bits per heavy atom. The van der Waals surface area contributed by atoms with Gasteiger partial charge in [0.05, 0.1) is 38.3 Å². The Balaban J connectivity index is 1.31. The third-order valence-corrected chi connectivity index (χ3v) is 8.22. The number of hydrazone groups is 1. The quantitative estimate of drug-likeness (QED) is 0.161. The Bertz CT molecular complexity index is 2190. The van der Waals surface area contributed by atoms with E-state index in [1.165, 1.54) is 16.8 Å². The van der Waals surface area contributed by atoms with Gasteiger partial charge in [-0.25, -0.2) is 18.2 Å². The average Bonchev–Trinajstić information content (AvgIpc) is 3.43. The van der Waals surface area contributed by atoms with Crippen LogP contribution in [0.15, 0.2) is 107 Å². The van der Waals surface area contributed by atoms with Gasteiger partial charge < -0.3 is 5.11 Å². The number of azo groups is 2. The molecule has 0 fully saturated rings. The van der Waals surface area contributed by atoms with Crippen LogP contribution in [0.2, 0.25) is 0 Å². The number of sulfonamides is 1. The molecule has 1 amide bonds. The number of anilines is 1. The smallest absolute Gasteiger partial charge is 0.299 e. The number of rotatable bonds is 8. The second-order valence-electron chi connectivity index (χ2n) is 9.62. The molecule has 0 saturated carbocycles. The molecule has 5 rings (SSSR count).